The molecule has 0 saturated heterocycles. The number of anilines is 3. The van der Waals surface area contributed by atoms with Gasteiger partial charge >= 0.3 is 0 Å². The molecule has 0 atom stereocenters. The van der Waals surface area contributed by atoms with Crippen molar-refractivity contribution in [3.05, 3.63) is 70.1 Å². The van der Waals surface area contributed by atoms with Crippen LogP contribution in [0.25, 0.3) is 0 Å². The molecule has 24 heavy (non-hydrogen) atoms. The van der Waals surface area contributed by atoms with E-state index in [2.05, 4.69) is 41.7 Å². The summed E-state index contributed by atoms with van der Waals surface area (Å²) in [5.41, 5.74) is 2.99. The molecule has 7 heteroatoms. The van der Waals surface area contributed by atoms with Gasteiger partial charge in [0, 0.05) is 11.0 Å². The molecule has 0 aliphatic carbocycles. The van der Waals surface area contributed by atoms with Crippen molar-refractivity contribution in [3.8, 4) is 0 Å². The SMILES string of the molecule is Cc1ccc(Nc2cnnc(NCc3ccc(F)cc3)n2)c(Br)c1. The summed E-state index contributed by atoms with van der Waals surface area (Å²) in [5, 5.41) is 14.2. The minimum absolute atomic E-state index is 0.258. The second-order valence-electron chi connectivity index (χ2n) is 5.25. The lowest BCUT2D eigenvalue weighted by atomic mass is 10.2. The van der Waals surface area contributed by atoms with Crippen LogP contribution in [0.3, 0.4) is 0 Å². The highest BCUT2D eigenvalue weighted by molar-refractivity contribution is 9.10. The van der Waals surface area contributed by atoms with Gasteiger partial charge in [0.1, 0.15) is 5.82 Å². The number of halogens is 2. The number of nitrogens with one attached hydrogen (secondary N) is 2. The van der Waals surface area contributed by atoms with E-state index in [1.54, 1.807) is 18.3 Å². The van der Waals surface area contributed by atoms with E-state index in [9.17, 15) is 4.39 Å². The number of nitrogens with zero attached hydrogens (tertiary/aromatic N) is 3. The van der Waals surface area contributed by atoms with Crippen LogP contribution in [-0.4, -0.2) is 15.2 Å². The van der Waals surface area contributed by atoms with E-state index < -0.39 is 0 Å². The lowest BCUT2D eigenvalue weighted by molar-refractivity contribution is 0.627. The zero-order chi connectivity index (χ0) is 16.9. The van der Waals surface area contributed by atoms with Gasteiger partial charge in [-0.15, -0.1) is 5.10 Å². The van der Waals surface area contributed by atoms with Gasteiger partial charge in [-0.25, -0.2) is 4.39 Å². The number of aromatic nitrogens is 3. The number of hydrogen-bond acceptors (Lipinski definition) is 5. The maximum atomic E-state index is 12.9. The fourth-order valence-corrected chi connectivity index (χ4v) is 2.67. The van der Waals surface area contributed by atoms with Gasteiger partial charge in [-0.1, -0.05) is 18.2 Å². The van der Waals surface area contributed by atoms with Gasteiger partial charge in [-0.05, 0) is 58.2 Å². The Kier molecular flexibility index (Phi) is 5.00. The third-order valence-electron chi connectivity index (χ3n) is 3.31. The van der Waals surface area contributed by atoms with Crippen molar-refractivity contribution in [2.24, 2.45) is 0 Å². The first-order chi connectivity index (χ1) is 11.6. The minimum atomic E-state index is -0.258. The molecule has 0 saturated carbocycles. The molecule has 0 spiro atoms. The predicted octanol–water partition coefficient (Wildman–Crippen LogP) is 4.44. The Morgan fingerprint density at radius 2 is 1.92 bits per heavy atom. The van der Waals surface area contributed by atoms with Crippen LogP contribution < -0.4 is 10.6 Å². The van der Waals surface area contributed by atoms with E-state index in [4.69, 9.17) is 0 Å². The largest absolute Gasteiger partial charge is 0.349 e. The van der Waals surface area contributed by atoms with Crippen LogP contribution in [0.5, 0.6) is 0 Å². The fourth-order valence-electron chi connectivity index (χ4n) is 2.08. The summed E-state index contributed by atoms with van der Waals surface area (Å²) in [4.78, 5) is 4.37. The Balaban J connectivity index is 1.68. The van der Waals surface area contributed by atoms with Crippen LogP contribution >= 0.6 is 15.9 Å². The van der Waals surface area contributed by atoms with Gasteiger partial charge in [-0.2, -0.15) is 10.1 Å². The van der Waals surface area contributed by atoms with Crippen molar-refractivity contribution in [1.82, 2.24) is 15.2 Å². The third-order valence-corrected chi connectivity index (χ3v) is 3.97. The highest BCUT2D eigenvalue weighted by atomic mass is 79.9. The lowest BCUT2D eigenvalue weighted by Gasteiger charge is -2.09. The van der Waals surface area contributed by atoms with Crippen molar-refractivity contribution in [2.75, 3.05) is 10.6 Å². The first-order valence-electron chi connectivity index (χ1n) is 7.31. The highest BCUT2D eigenvalue weighted by Crippen LogP contribution is 2.26. The van der Waals surface area contributed by atoms with E-state index in [1.165, 1.54) is 12.1 Å². The molecule has 0 bridgehead atoms. The summed E-state index contributed by atoms with van der Waals surface area (Å²) in [5.74, 6) is 0.718. The Morgan fingerprint density at radius 1 is 1.12 bits per heavy atom. The third kappa shape index (κ3) is 4.26. The summed E-state index contributed by atoms with van der Waals surface area (Å²) < 4.78 is 13.8. The molecule has 122 valence electrons. The zero-order valence-corrected chi connectivity index (χ0v) is 14.5. The molecule has 0 amide bonds. The second kappa shape index (κ2) is 7.35. The predicted molar refractivity (Wildman–Crippen MR) is 95.7 cm³/mol. The Hall–Kier alpha value is -2.54. The molecule has 0 unspecified atom stereocenters. The minimum Gasteiger partial charge on any atom is -0.349 e. The Morgan fingerprint density at radius 3 is 2.67 bits per heavy atom. The van der Waals surface area contributed by atoms with Crippen LogP contribution in [0.4, 0.5) is 21.8 Å². The van der Waals surface area contributed by atoms with Crippen LogP contribution in [0, 0.1) is 12.7 Å². The molecule has 0 aliphatic rings. The lowest BCUT2D eigenvalue weighted by Crippen LogP contribution is -2.06. The van der Waals surface area contributed by atoms with Crippen LogP contribution in [0.1, 0.15) is 11.1 Å². The van der Waals surface area contributed by atoms with E-state index >= 15 is 0 Å². The van der Waals surface area contributed by atoms with Crippen molar-refractivity contribution in [3.63, 3.8) is 0 Å². The monoisotopic (exact) mass is 387 g/mol. The molecular formula is C17H15BrFN5. The Labute approximate surface area is 147 Å². The maximum absolute atomic E-state index is 12.9. The van der Waals surface area contributed by atoms with Gasteiger partial charge < -0.3 is 10.6 Å². The molecule has 0 fully saturated rings. The van der Waals surface area contributed by atoms with Gasteiger partial charge in [0.05, 0.1) is 11.9 Å². The van der Waals surface area contributed by atoms with Crippen molar-refractivity contribution >= 4 is 33.4 Å². The first kappa shape index (κ1) is 16.3. The molecule has 2 aromatic carbocycles. The smallest absolute Gasteiger partial charge is 0.244 e. The van der Waals surface area contributed by atoms with E-state index in [0.717, 1.165) is 21.3 Å². The van der Waals surface area contributed by atoms with Crippen molar-refractivity contribution in [1.29, 1.82) is 0 Å². The van der Waals surface area contributed by atoms with Gasteiger partial charge in [0.2, 0.25) is 5.95 Å². The second-order valence-corrected chi connectivity index (χ2v) is 6.11. The first-order valence-corrected chi connectivity index (χ1v) is 8.11. The summed E-state index contributed by atoms with van der Waals surface area (Å²) in [6.45, 7) is 2.51. The molecule has 0 aliphatic heterocycles. The highest BCUT2D eigenvalue weighted by Gasteiger charge is 2.04. The number of aryl methyl sites for hydroxylation is 1. The summed E-state index contributed by atoms with van der Waals surface area (Å²) in [6, 6.07) is 12.3. The molecule has 2 N–H and O–H groups in total. The topological polar surface area (TPSA) is 62.7 Å². The molecule has 1 heterocycles. The summed E-state index contributed by atoms with van der Waals surface area (Å²) in [7, 11) is 0. The molecular weight excluding hydrogens is 373 g/mol. The number of benzene rings is 2. The molecule has 3 aromatic rings. The zero-order valence-electron chi connectivity index (χ0n) is 12.9. The Bertz CT molecular complexity index is 839. The maximum Gasteiger partial charge on any atom is 0.244 e. The van der Waals surface area contributed by atoms with E-state index in [1.807, 2.05) is 25.1 Å². The van der Waals surface area contributed by atoms with Gasteiger partial charge in [0.15, 0.2) is 5.82 Å². The fraction of sp³-hybridized carbons (Fsp3) is 0.118. The van der Waals surface area contributed by atoms with E-state index in [-0.39, 0.29) is 5.82 Å². The van der Waals surface area contributed by atoms with Crippen molar-refractivity contribution < 1.29 is 4.39 Å². The van der Waals surface area contributed by atoms with Gasteiger partial charge in [-0.3, -0.25) is 0 Å². The molecule has 1 aromatic heterocycles. The number of rotatable bonds is 5. The standard InChI is InChI=1S/C17H15BrFN5/c1-11-2-7-15(14(18)8-11)22-16-10-21-24-17(23-16)20-9-12-3-5-13(19)6-4-12/h2-8,10H,9H2,1H3,(H2,20,22,23,24). The van der Waals surface area contributed by atoms with Crippen LogP contribution in [-0.2, 0) is 6.54 Å². The van der Waals surface area contributed by atoms with Gasteiger partial charge in [0.25, 0.3) is 0 Å². The van der Waals surface area contributed by atoms with E-state index in [0.29, 0.717) is 18.3 Å². The summed E-state index contributed by atoms with van der Waals surface area (Å²) in [6.07, 6.45) is 1.55. The molecule has 3 rings (SSSR count). The normalized spacial score (nSPS) is 10.5. The summed E-state index contributed by atoms with van der Waals surface area (Å²) >= 11 is 3.52. The quantitative estimate of drug-likeness (QED) is 0.677. The molecule has 0 radical (unpaired) electrons. The number of hydrogen-bond donors (Lipinski definition) is 2. The van der Waals surface area contributed by atoms with Crippen molar-refractivity contribution in [2.45, 2.75) is 13.5 Å². The van der Waals surface area contributed by atoms with Crippen LogP contribution in [0.2, 0.25) is 0 Å². The van der Waals surface area contributed by atoms with Crippen LogP contribution in [0.15, 0.2) is 53.1 Å². The average Bonchev–Trinajstić information content (AvgIpc) is 2.57. The average molecular weight is 388 g/mol. The molecule has 5 nitrogen and oxygen atoms in total.